The topological polar surface area (TPSA) is 64.6 Å². The molecule has 3 aromatic rings. The first kappa shape index (κ1) is 20.4. The van der Waals surface area contributed by atoms with Gasteiger partial charge in [0.1, 0.15) is 17.2 Å². The fourth-order valence-electron chi connectivity index (χ4n) is 2.49. The van der Waals surface area contributed by atoms with Gasteiger partial charge in [0, 0.05) is 5.56 Å². The second-order valence-corrected chi connectivity index (χ2v) is 6.83. The molecule has 0 unspecified atom stereocenters. The Balaban J connectivity index is 1.78. The minimum absolute atomic E-state index is 0.0424. The van der Waals surface area contributed by atoms with E-state index in [2.05, 4.69) is 21.2 Å². The van der Waals surface area contributed by atoms with E-state index in [0.29, 0.717) is 22.6 Å². The molecule has 0 spiro atoms. The summed E-state index contributed by atoms with van der Waals surface area (Å²) in [5.74, 6) is 0.308. The van der Waals surface area contributed by atoms with E-state index in [1.54, 1.807) is 54.6 Å². The normalized spacial score (nSPS) is 10.9. The van der Waals surface area contributed by atoms with Crippen LogP contribution in [-0.4, -0.2) is 19.0 Å². The van der Waals surface area contributed by atoms with Gasteiger partial charge in [-0.05, 0) is 64.0 Å². The van der Waals surface area contributed by atoms with Crippen molar-refractivity contribution in [3.8, 4) is 11.5 Å². The van der Waals surface area contributed by atoms with Crippen molar-refractivity contribution in [1.82, 2.24) is 5.32 Å². The fraction of sp³-hybridized carbons (Fsp3) is 0.0435. The highest BCUT2D eigenvalue weighted by molar-refractivity contribution is 9.10. The molecule has 0 heterocycles. The molecule has 0 atom stereocenters. The molecule has 0 aliphatic carbocycles. The number of carbonyl (C=O) groups is 2. The first-order chi connectivity index (χ1) is 14.1. The van der Waals surface area contributed by atoms with Crippen LogP contribution in [0.5, 0.6) is 11.5 Å². The molecule has 3 rings (SSSR count). The number of rotatable bonds is 6. The van der Waals surface area contributed by atoms with E-state index in [1.165, 1.54) is 7.11 Å². The standard InChI is InChI=1S/C23H18BrNO4/c1-28-23(27)20(25-22(26)17-7-3-2-4-8-17)15-16-11-13-18(14-12-16)29-21-10-6-5-9-19(21)24/h2-15H,1H3,(H,25,26)/b20-15+. The number of methoxy groups -OCH3 is 1. The summed E-state index contributed by atoms with van der Waals surface area (Å²) in [6.45, 7) is 0. The van der Waals surface area contributed by atoms with Crippen molar-refractivity contribution in [2.45, 2.75) is 0 Å². The summed E-state index contributed by atoms with van der Waals surface area (Å²) in [5, 5.41) is 2.60. The average Bonchev–Trinajstić information content (AvgIpc) is 2.76. The summed E-state index contributed by atoms with van der Waals surface area (Å²) >= 11 is 3.44. The Morgan fingerprint density at radius 3 is 2.21 bits per heavy atom. The van der Waals surface area contributed by atoms with Crippen molar-refractivity contribution in [3.05, 3.63) is 100 Å². The molecule has 0 aliphatic rings. The van der Waals surface area contributed by atoms with Crippen LogP contribution < -0.4 is 10.1 Å². The third-order valence-corrected chi connectivity index (χ3v) is 4.60. The number of hydrogen-bond acceptors (Lipinski definition) is 4. The molecule has 29 heavy (non-hydrogen) atoms. The van der Waals surface area contributed by atoms with E-state index in [0.717, 1.165) is 4.47 Å². The van der Waals surface area contributed by atoms with E-state index >= 15 is 0 Å². The number of carbonyl (C=O) groups excluding carboxylic acids is 2. The van der Waals surface area contributed by atoms with Crippen LogP contribution in [0.1, 0.15) is 15.9 Å². The summed E-state index contributed by atoms with van der Waals surface area (Å²) in [6.07, 6.45) is 1.55. The van der Waals surface area contributed by atoms with Gasteiger partial charge in [0.05, 0.1) is 11.6 Å². The number of para-hydroxylation sites is 1. The SMILES string of the molecule is COC(=O)/C(=C\c1ccc(Oc2ccccc2Br)cc1)NC(=O)c1ccccc1. The number of amides is 1. The predicted octanol–water partition coefficient (Wildman–Crippen LogP) is 5.19. The van der Waals surface area contributed by atoms with Crippen molar-refractivity contribution in [2.24, 2.45) is 0 Å². The minimum atomic E-state index is -0.636. The van der Waals surface area contributed by atoms with Crippen molar-refractivity contribution in [2.75, 3.05) is 7.11 Å². The molecule has 1 amide bonds. The molecular formula is C23H18BrNO4. The highest BCUT2D eigenvalue weighted by Crippen LogP contribution is 2.29. The smallest absolute Gasteiger partial charge is 0.354 e. The number of hydrogen-bond donors (Lipinski definition) is 1. The van der Waals surface area contributed by atoms with Crippen LogP contribution >= 0.6 is 15.9 Å². The lowest BCUT2D eigenvalue weighted by molar-refractivity contribution is -0.136. The molecule has 0 bridgehead atoms. The lowest BCUT2D eigenvalue weighted by Gasteiger charge is -2.09. The molecule has 0 saturated carbocycles. The van der Waals surface area contributed by atoms with Gasteiger partial charge >= 0.3 is 5.97 Å². The molecule has 0 aliphatic heterocycles. The predicted molar refractivity (Wildman–Crippen MR) is 115 cm³/mol. The van der Waals surface area contributed by atoms with Crippen molar-refractivity contribution < 1.29 is 19.1 Å². The zero-order valence-corrected chi connectivity index (χ0v) is 17.2. The monoisotopic (exact) mass is 451 g/mol. The quantitative estimate of drug-likeness (QED) is 0.413. The maximum atomic E-state index is 12.4. The Bertz CT molecular complexity index is 1030. The third kappa shape index (κ3) is 5.56. The van der Waals surface area contributed by atoms with Crippen LogP contribution in [0.2, 0.25) is 0 Å². The van der Waals surface area contributed by atoms with Crippen LogP contribution in [0.4, 0.5) is 0 Å². The maximum Gasteiger partial charge on any atom is 0.354 e. The number of halogens is 1. The van der Waals surface area contributed by atoms with Gasteiger partial charge < -0.3 is 14.8 Å². The molecule has 6 heteroatoms. The van der Waals surface area contributed by atoms with Gasteiger partial charge in [0.15, 0.2) is 0 Å². The molecule has 0 aromatic heterocycles. The zero-order valence-electron chi connectivity index (χ0n) is 15.6. The largest absolute Gasteiger partial charge is 0.464 e. The fourth-order valence-corrected chi connectivity index (χ4v) is 2.86. The summed E-state index contributed by atoms with van der Waals surface area (Å²) in [4.78, 5) is 24.5. The van der Waals surface area contributed by atoms with Crippen LogP contribution in [0, 0.1) is 0 Å². The van der Waals surface area contributed by atoms with E-state index in [4.69, 9.17) is 9.47 Å². The number of ether oxygens (including phenoxy) is 2. The van der Waals surface area contributed by atoms with Crippen molar-refractivity contribution >= 4 is 33.9 Å². The van der Waals surface area contributed by atoms with Crippen LogP contribution in [0.3, 0.4) is 0 Å². The summed E-state index contributed by atoms with van der Waals surface area (Å²) < 4.78 is 11.5. The molecule has 0 saturated heterocycles. The minimum Gasteiger partial charge on any atom is -0.464 e. The van der Waals surface area contributed by atoms with Crippen LogP contribution in [0.25, 0.3) is 6.08 Å². The van der Waals surface area contributed by atoms with Crippen LogP contribution in [0.15, 0.2) is 89.0 Å². The Labute approximate surface area is 177 Å². The van der Waals surface area contributed by atoms with E-state index in [1.807, 2.05) is 30.3 Å². The highest BCUT2D eigenvalue weighted by atomic mass is 79.9. The lowest BCUT2D eigenvalue weighted by Crippen LogP contribution is -2.28. The van der Waals surface area contributed by atoms with Gasteiger partial charge in [0.25, 0.3) is 5.91 Å². The summed E-state index contributed by atoms with van der Waals surface area (Å²) in [5.41, 5.74) is 1.19. The average molecular weight is 452 g/mol. The number of esters is 1. The van der Waals surface area contributed by atoms with Crippen molar-refractivity contribution in [3.63, 3.8) is 0 Å². The molecule has 146 valence electrons. The summed E-state index contributed by atoms with van der Waals surface area (Å²) in [6, 6.07) is 23.3. The maximum absolute atomic E-state index is 12.4. The van der Waals surface area contributed by atoms with Gasteiger partial charge in [0.2, 0.25) is 0 Å². The van der Waals surface area contributed by atoms with Gasteiger partial charge in [-0.2, -0.15) is 0 Å². The summed E-state index contributed by atoms with van der Waals surface area (Å²) in [7, 11) is 1.26. The number of nitrogens with one attached hydrogen (secondary N) is 1. The van der Waals surface area contributed by atoms with Gasteiger partial charge in [-0.25, -0.2) is 4.79 Å². The Morgan fingerprint density at radius 2 is 1.55 bits per heavy atom. The molecule has 0 fully saturated rings. The van der Waals surface area contributed by atoms with Gasteiger partial charge in [-0.1, -0.05) is 42.5 Å². The second kappa shape index (κ2) is 9.71. The van der Waals surface area contributed by atoms with Gasteiger partial charge in [-0.3, -0.25) is 4.79 Å². The van der Waals surface area contributed by atoms with E-state index in [-0.39, 0.29) is 5.70 Å². The Hall–Kier alpha value is -3.38. The molecule has 1 N–H and O–H groups in total. The Morgan fingerprint density at radius 1 is 0.897 bits per heavy atom. The highest BCUT2D eigenvalue weighted by Gasteiger charge is 2.14. The first-order valence-electron chi connectivity index (χ1n) is 8.75. The van der Waals surface area contributed by atoms with E-state index in [9.17, 15) is 9.59 Å². The third-order valence-electron chi connectivity index (χ3n) is 3.95. The first-order valence-corrected chi connectivity index (χ1v) is 9.55. The molecule has 5 nitrogen and oxygen atoms in total. The van der Waals surface area contributed by atoms with Gasteiger partial charge in [-0.15, -0.1) is 0 Å². The zero-order chi connectivity index (χ0) is 20.6. The number of benzene rings is 3. The molecule has 0 radical (unpaired) electrons. The second-order valence-electron chi connectivity index (χ2n) is 5.97. The molecular weight excluding hydrogens is 434 g/mol. The van der Waals surface area contributed by atoms with Crippen LogP contribution in [-0.2, 0) is 9.53 Å². The van der Waals surface area contributed by atoms with E-state index < -0.39 is 11.9 Å². The Kier molecular flexibility index (Phi) is 6.81. The molecule has 3 aromatic carbocycles. The lowest BCUT2D eigenvalue weighted by atomic mass is 10.1. The van der Waals surface area contributed by atoms with Crippen molar-refractivity contribution in [1.29, 1.82) is 0 Å².